The van der Waals surface area contributed by atoms with Gasteiger partial charge in [0.25, 0.3) is 5.91 Å². The van der Waals surface area contributed by atoms with Crippen molar-refractivity contribution in [2.24, 2.45) is 0 Å². The van der Waals surface area contributed by atoms with Crippen molar-refractivity contribution in [3.8, 4) is 23.0 Å². The number of ether oxygens (including phenoxy) is 3. The fraction of sp³-hybridized carbons (Fsp3) is 0.143. The van der Waals surface area contributed by atoms with E-state index in [0.29, 0.717) is 38.7 Å². The molecule has 0 aliphatic heterocycles. The molecule has 0 fully saturated rings. The Labute approximate surface area is 171 Å². The minimum absolute atomic E-state index is 0.274. The number of anilines is 1. The summed E-state index contributed by atoms with van der Waals surface area (Å²) in [6.07, 6.45) is 3.33. The van der Waals surface area contributed by atoms with Gasteiger partial charge in [-0.2, -0.15) is 0 Å². The molecule has 3 rings (SSSR count). The molecule has 0 aliphatic rings. The number of methoxy groups -OCH3 is 2. The monoisotopic (exact) mass is 442 g/mol. The molecular weight excluding hydrogens is 424 g/mol. The predicted octanol–water partition coefficient (Wildman–Crippen LogP) is 5.21. The van der Waals surface area contributed by atoms with Crippen LogP contribution in [0.15, 0.2) is 59.3 Å². The van der Waals surface area contributed by atoms with Crippen LogP contribution in [0.2, 0.25) is 0 Å². The molecule has 3 aromatic rings. The fourth-order valence-electron chi connectivity index (χ4n) is 2.58. The second-order valence-electron chi connectivity index (χ2n) is 5.92. The summed E-state index contributed by atoms with van der Waals surface area (Å²) >= 11 is 3.40. The van der Waals surface area contributed by atoms with Crippen molar-refractivity contribution in [1.29, 1.82) is 0 Å². The molecule has 0 saturated carbocycles. The number of rotatable bonds is 6. The molecule has 0 saturated heterocycles. The van der Waals surface area contributed by atoms with E-state index in [4.69, 9.17) is 14.2 Å². The van der Waals surface area contributed by atoms with Crippen LogP contribution in [-0.4, -0.2) is 25.1 Å². The number of carbonyl (C=O) groups is 1. The molecule has 7 heteroatoms. The lowest BCUT2D eigenvalue weighted by Crippen LogP contribution is -2.12. The van der Waals surface area contributed by atoms with Crippen molar-refractivity contribution >= 4 is 27.5 Å². The molecule has 0 spiro atoms. The van der Waals surface area contributed by atoms with Crippen LogP contribution in [0.1, 0.15) is 15.9 Å². The van der Waals surface area contributed by atoms with Crippen LogP contribution in [0, 0.1) is 6.92 Å². The first-order valence-electron chi connectivity index (χ1n) is 8.43. The minimum atomic E-state index is -0.274. The third-order valence-corrected chi connectivity index (χ3v) is 4.78. The minimum Gasteiger partial charge on any atom is -0.495 e. The molecule has 0 atom stereocenters. The first-order valence-corrected chi connectivity index (χ1v) is 9.22. The van der Waals surface area contributed by atoms with Crippen molar-refractivity contribution in [2.75, 3.05) is 19.5 Å². The molecule has 1 aromatic heterocycles. The number of nitrogens with zero attached hydrogens (tertiary/aromatic N) is 1. The van der Waals surface area contributed by atoms with Crippen LogP contribution < -0.4 is 19.5 Å². The van der Waals surface area contributed by atoms with Gasteiger partial charge in [-0.1, -0.05) is 0 Å². The molecule has 0 radical (unpaired) electrons. The molecule has 0 aliphatic carbocycles. The van der Waals surface area contributed by atoms with E-state index in [0.717, 1.165) is 5.56 Å². The Hall–Kier alpha value is -3.06. The van der Waals surface area contributed by atoms with Crippen molar-refractivity contribution < 1.29 is 19.0 Å². The van der Waals surface area contributed by atoms with Gasteiger partial charge in [-0.15, -0.1) is 0 Å². The summed E-state index contributed by atoms with van der Waals surface area (Å²) in [7, 11) is 3.07. The molecule has 0 unspecified atom stereocenters. The van der Waals surface area contributed by atoms with Gasteiger partial charge in [0.15, 0.2) is 0 Å². The fourth-order valence-corrected chi connectivity index (χ4v) is 3.13. The summed E-state index contributed by atoms with van der Waals surface area (Å²) in [5, 5.41) is 2.88. The number of pyridine rings is 1. The number of hydrogen-bond acceptors (Lipinski definition) is 5. The highest BCUT2D eigenvalue weighted by atomic mass is 79.9. The van der Waals surface area contributed by atoms with Crippen molar-refractivity contribution in [2.45, 2.75) is 6.92 Å². The van der Waals surface area contributed by atoms with Crippen molar-refractivity contribution in [3.05, 3.63) is 70.5 Å². The van der Waals surface area contributed by atoms with E-state index in [1.165, 1.54) is 14.2 Å². The maximum absolute atomic E-state index is 12.7. The van der Waals surface area contributed by atoms with Gasteiger partial charge in [-0.3, -0.25) is 9.78 Å². The molecule has 2 aromatic carbocycles. The van der Waals surface area contributed by atoms with Crippen LogP contribution in [0.3, 0.4) is 0 Å². The average molecular weight is 443 g/mol. The highest BCUT2D eigenvalue weighted by Crippen LogP contribution is 2.36. The Balaban J connectivity index is 1.78. The molecule has 0 bridgehead atoms. The Kier molecular flexibility index (Phi) is 6.16. The van der Waals surface area contributed by atoms with Crippen molar-refractivity contribution in [1.82, 2.24) is 4.98 Å². The van der Waals surface area contributed by atoms with Crippen LogP contribution >= 0.6 is 15.9 Å². The molecule has 1 heterocycles. The van der Waals surface area contributed by atoms with E-state index in [-0.39, 0.29) is 5.91 Å². The quantitative estimate of drug-likeness (QED) is 0.566. The number of aromatic nitrogens is 1. The van der Waals surface area contributed by atoms with Gasteiger partial charge >= 0.3 is 0 Å². The first-order chi connectivity index (χ1) is 13.5. The van der Waals surface area contributed by atoms with Crippen LogP contribution in [0.5, 0.6) is 23.0 Å². The SMILES string of the molecule is COc1cc(C(=O)Nc2ccc(Oc3cccnc3)c(C)c2)cc(OC)c1Br. The Morgan fingerprint density at radius 1 is 1.04 bits per heavy atom. The van der Waals surface area contributed by atoms with Gasteiger partial charge in [0.05, 0.1) is 20.4 Å². The second-order valence-corrected chi connectivity index (χ2v) is 6.71. The topological polar surface area (TPSA) is 69.7 Å². The third kappa shape index (κ3) is 4.43. The molecule has 28 heavy (non-hydrogen) atoms. The second kappa shape index (κ2) is 8.75. The summed E-state index contributed by atoms with van der Waals surface area (Å²) < 4.78 is 17.1. The Morgan fingerprint density at radius 3 is 2.32 bits per heavy atom. The zero-order chi connectivity index (χ0) is 20.1. The average Bonchev–Trinajstić information content (AvgIpc) is 2.71. The summed E-state index contributed by atoms with van der Waals surface area (Å²) in [5.74, 6) is 2.10. The maximum atomic E-state index is 12.7. The standard InChI is InChI=1S/C21H19BrN2O4/c1-13-9-15(6-7-17(13)28-16-5-4-8-23-12-16)24-21(25)14-10-18(26-2)20(22)19(11-14)27-3/h4-12H,1-3H3,(H,24,25). The van der Waals surface area contributed by atoms with Gasteiger partial charge in [0, 0.05) is 17.4 Å². The smallest absolute Gasteiger partial charge is 0.255 e. The van der Waals surface area contributed by atoms with Gasteiger partial charge in [0.1, 0.15) is 27.5 Å². The van der Waals surface area contributed by atoms with E-state index in [1.807, 2.05) is 19.1 Å². The number of nitrogens with one attached hydrogen (secondary N) is 1. The molecule has 1 amide bonds. The number of benzene rings is 2. The zero-order valence-electron chi connectivity index (χ0n) is 15.7. The number of amides is 1. The van der Waals surface area contributed by atoms with E-state index < -0.39 is 0 Å². The van der Waals surface area contributed by atoms with Gasteiger partial charge < -0.3 is 19.5 Å². The highest BCUT2D eigenvalue weighted by molar-refractivity contribution is 9.10. The molecule has 144 valence electrons. The summed E-state index contributed by atoms with van der Waals surface area (Å²) in [6.45, 7) is 1.91. The predicted molar refractivity (Wildman–Crippen MR) is 111 cm³/mol. The lowest BCUT2D eigenvalue weighted by Gasteiger charge is -2.13. The van der Waals surface area contributed by atoms with Crippen molar-refractivity contribution in [3.63, 3.8) is 0 Å². The normalized spacial score (nSPS) is 10.3. The summed E-state index contributed by atoms with van der Waals surface area (Å²) in [5.41, 5.74) is 1.96. The van der Waals surface area contributed by atoms with E-state index in [2.05, 4.69) is 26.2 Å². The number of hydrogen-bond donors (Lipinski definition) is 1. The zero-order valence-corrected chi connectivity index (χ0v) is 17.2. The van der Waals surface area contributed by atoms with E-state index in [9.17, 15) is 4.79 Å². The largest absolute Gasteiger partial charge is 0.495 e. The summed E-state index contributed by atoms with van der Waals surface area (Å²) in [6, 6.07) is 12.4. The Bertz CT molecular complexity index is 968. The highest BCUT2D eigenvalue weighted by Gasteiger charge is 2.15. The third-order valence-electron chi connectivity index (χ3n) is 4.00. The van der Waals surface area contributed by atoms with E-state index >= 15 is 0 Å². The maximum Gasteiger partial charge on any atom is 0.255 e. The number of carbonyl (C=O) groups excluding carboxylic acids is 1. The van der Waals surface area contributed by atoms with E-state index in [1.54, 1.807) is 42.7 Å². The van der Waals surface area contributed by atoms with Crippen LogP contribution in [-0.2, 0) is 0 Å². The number of aryl methyl sites for hydroxylation is 1. The summed E-state index contributed by atoms with van der Waals surface area (Å²) in [4.78, 5) is 16.7. The lowest BCUT2D eigenvalue weighted by molar-refractivity contribution is 0.102. The lowest BCUT2D eigenvalue weighted by atomic mass is 10.1. The molecule has 1 N–H and O–H groups in total. The van der Waals surface area contributed by atoms with Gasteiger partial charge in [-0.25, -0.2) is 0 Å². The van der Waals surface area contributed by atoms with Gasteiger partial charge in [0.2, 0.25) is 0 Å². The van der Waals surface area contributed by atoms with Crippen LogP contribution in [0.4, 0.5) is 5.69 Å². The molecular formula is C21H19BrN2O4. The first kappa shape index (κ1) is 19.7. The molecule has 6 nitrogen and oxygen atoms in total. The van der Waals surface area contributed by atoms with Crippen LogP contribution in [0.25, 0.3) is 0 Å². The number of halogens is 1. The Morgan fingerprint density at radius 2 is 1.75 bits per heavy atom. The van der Waals surface area contributed by atoms with Gasteiger partial charge in [-0.05, 0) is 70.9 Å².